The van der Waals surface area contributed by atoms with Crippen LogP contribution in [-0.2, 0) is 9.53 Å². The van der Waals surface area contributed by atoms with Crippen molar-refractivity contribution in [1.82, 2.24) is 5.32 Å². The molecule has 1 saturated carbocycles. The normalized spacial score (nSPS) is 29.7. The molecule has 17 heavy (non-hydrogen) atoms. The van der Waals surface area contributed by atoms with Crippen LogP contribution in [0.15, 0.2) is 0 Å². The van der Waals surface area contributed by atoms with Crippen molar-refractivity contribution in [3.05, 3.63) is 0 Å². The zero-order chi connectivity index (χ0) is 13.1. The van der Waals surface area contributed by atoms with Crippen molar-refractivity contribution >= 4 is 5.97 Å². The van der Waals surface area contributed by atoms with E-state index in [1.165, 1.54) is 6.42 Å². The fourth-order valence-electron chi connectivity index (χ4n) is 3.08. The first kappa shape index (κ1) is 14.5. The number of nitrogens with one attached hydrogen (secondary N) is 1. The SMILES string of the molecule is CCC(NC)C(=O)OC1CC(C)CC(C)(C)C1. The lowest BCUT2D eigenvalue weighted by Gasteiger charge is -2.38. The minimum atomic E-state index is -0.157. The Morgan fingerprint density at radius 2 is 2.12 bits per heavy atom. The van der Waals surface area contributed by atoms with Gasteiger partial charge in [0.05, 0.1) is 0 Å². The molecule has 1 rings (SSSR count). The topological polar surface area (TPSA) is 38.3 Å². The average Bonchev–Trinajstić information content (AvgIpc) is 2.15. The van der Waals surface area contributed by atoms with E-state index >= 15 is 0 Å². The summed E-state index contributed by atoms with van der Waals surface area (Å²) in [6.07, 6.45) is 4.10. The van der Waals surface area contributed by atoms with Gasteiger partial charge in [0.1, 0.15) is 12.1 Å². The van der Waals surface area contributed by atoms with Gasteiger partial charge >= 0.3 is 5.97 Å². The minimum absolute atomic E-state index is 0.0927. The lowest BCUT2D eigenvalue weighted by Crippen LogP contribution is -2.40. The number of likely N-dealkylation sites (N-methyl/N-ethyl adjacent to an activating group) is 1. The number of hydrogen-bond donors (Lipinski definition) is 1. The summed E-state index contributed by atoms with van der Waals surface area (Å²) in [5.74, 6) is 0.552. The molecule has 1 aliphatic carbocycles. The zero-order valence-corrected chi connectivity index (χ0v) is 11.9. The van der Waals surface area contributed by atoms with Crippen LogP contribution in [-0.4, -0.2) is 25.2 Å². The standard InChI is InChI=1S/C14H27NO2/c1-6-12(15-5)13(16)17-11-7-10(2)8-14(3,4)9-11/h10-12,15H,6-9H2,1-5H3. The van der Waals surface area contributed by atoms with Crippen molar-refractivity contribution in [3.63, 3.8) is 0 Å². The van der Waals surface area contributed by atoms with Crippen LogP contribution in [0.3, 0.4) is 0 Å². The smallest absolute Gasteiger partial charge is 0.323 e. The molecular formula is C14H27NO2. The van der Waals surface area contributed by atoms with Gasteiger partial charge in [0.25, 0.3) is 0 Å². The molecule has 1 N–H and O–H groups in total. The quantitative estimate of drug-likeness (QED) is 0.769. The summed E-state index contributed by atoms with van der Waals surface area (Å²) >= 11 is 0. The van der Waals surface area contributed by atoms with Crippen molar-refractivity contribution in [1.29, 1.82) is 0 Å². The van der Waals surface area contributed by atoms with Crippen LogP contribution < -0.4 is 5.32 Å². The third kappa shape index (κ3) is 4.30. The van der Waals surface area contributed by atoms with Gasteiger partial charge in [-0.25, -0.2) is 0 Å². The first-order chi connectivity index (χ1) is 7.88. The molecule has 0 aromatic carbocycles. The molecule has 0 saturated heterocycles. The largest absolute Gasteiger partial charge is 0.461 e. The first-order valence-electron chi connectivity index (χ1n) is 6.75. The van der Waals surface area contributed by atoms with E-state index in [1.54, 1.807) is 0 Å². The van der Waals surface area contributed by atoms with Gasteiger partial charge in [0.2, 0.25) is 0 Å². The lowest BCUT2D eigenvalue weighted by atomic mass is 9.71. The molecule has 1 aliphatic rings. The van der Waals surface area contributed by atoms with Gasteiger partial charge in [-0.3, -0.25) is 4.79 Å². The second-order valence-corrected chi connectivity index (χ2v) is 6.22. The number of hydrogen-bond acceptors (Lipinski definition) is 3. The van der Waals surface area contributed by atoms with Crippen LogP contribution in [0.5, 0.6) is 0 Å². The van der Waals surface area contributed by atoms with Crippen molar-refractivity contribution in [2.24, 2.45) is 11.3 Å². The van der Waals surface area contributed by atoms with Crippen molar-refractivity contribution in [2.75, 3.05) is 7.05 Å². The highest BCUT2D eigenvalue weighted by molar-refractivity contribution is 5.75. The van der Waals surface area contributed by atoms with E-state index in [4.69, 9.17) is 4.74 Å². The number of esters is 1. The van der Waals surface area contributed by atoms with Gasteiger partial charge in [0.15, 0.2) is 0 Å². The second-order valence-electron chi connectivity index (χ2n) is 6.22. The average molecular weight is 241 g/mol. The molecule has 0 heterocycles. The summed E-state index contributed by atoms with van der Waals surface area (Å²) in [6, 6.07) is -0.157. The van der Waals surface area contributed by atoms with Gasteiger partial charge in [0, 0.05) is 0 Å². The maximum Gasteiger partial charge on any atom is 0.323 e. The van der Waals surface area contributed by atoms with Crippen molar-refractivity contribution in [2.45, 2.75) is 65.5 Å². The van der Waals surface area contributed by atoms with E-state index in [0.717, 1.165) is 19.3 Å². The molecule has 3 heteroatoms. The predicted octanol–water partition coefficient (Wildman–Crippen LogP) is 2.74. The molecule has 0 bridgehead atoms. The number of rotatable bonds is 4. The monoisotopic (exact) mass is 241 g/mol. The van der Waals surface area contributed by atoms with Crippen LogP contribution in [0.25, 0.3) is 0 Å². The number of carbonyl (C=O) groups is 1. The summed E-state index contributed by atoms with van der Waals surface area (Å²) in [5, 5.41) is 3.00. The van der Waals surface area contributed by atoms with Gasteiger partial charge in [-0.2, -0.15) is 0 Å². The summed E-state index contributed by atoms with van der Waals surface area (Å²) in [4.78, 5) is 11.9. The Morgan fingerprint density at radius 3 is 2.59 bits per heavy atom. The molecular weight excluding hydrogens is 214 g/mol. The van der Waals surface area contributed by atoms with Gasteiger partial charge in [-0.05, 0) is 44.1 Å². The predicted molar refractivity (Wildman–Crippen MR) is 69.8 cm³/mol. The third-order valence-electron chi connectivity index (χ3n) is 3.67. The van der Waals surface area contributed by atoms with Gasteiger partial charge < -0.3 is 10.1 Å². The summed E-state index contributed by atoms with van der Waals surface area (Å²) in [5.41, 5.74) is 0.296. The first-order valence-corrected chi connectivity index (χ1v) is 6.75. The highest BCUT2D eigenvalue weighted by Gasteiger charge is 2.34. The summed E-state index contributed by atoms with van der Waals surface area (Å²) in [7, 11) is 1.81. The maximum atomic E-state index is 11.9. The molecule has 3 unspecified atom stereocenters. The molecule has 1 fully saturated rings. The van der Waals surface area contributed by atoms with E-state index in [9.17, 15) is 4.79 Å². The molecule has 0 amide bonds. The Hall–Kier alpha value is -0.570. The summed E-state index contributed by atoms with van der Waals surface area (Å²) < 4.78 is 5.64. The second kappa shape index (κ2) is 5.85. The summed E-state index contributed by atoms with van der Waals surface area (Å²) in [6.45, 7) is 8.77. The maximum absolute atomic E-state index is 11.9. The molecule has 0 aromatic rings. The minimum Gasteiger partial charge on any atom is -0.461 e. The van der Waals surface area contributed by atoms with Crippen LogP contribution in [0.1, 0.15) is 53.4 Å². The molecule has 0 aliphatic heterocycles. The van der Waals surface area contributed by atoms with E-state index < -0.39 is 0 Å². The number of carbonyl (C=O) groups excluding carboxylic acids is 1. The fourth-order valence-corrected chi connectivity index (χ4v) is 3.08. The van der Waals surface area contributed by atoms with Gasteiger partial charge in [-0.1, -0.05) is 27.7 Å². The third-order valence-corrected chi connectivity index (χ3v) is 3.67. The Balaban J connectivity index is 2.53. The van der Waals surface area contributed by atoms with Crippen LogP contribution in [0.4, 0.5) is 0 Å². The van der Waals surface area contributed by atoms with E-state index in [2.05, 4.69) is 26.1 Å². The Kier molecular flexibility index (Phi) is 4.99. The molecule has 0 radical (unpaired) electrons. The Labute approximate surface area is 105 Å². The lowest BCUT2D eigenvalue weighted by molar-refractivity contribution is -0.156. The molecule has 3 atom stereocenters. The Bertz CT molecular complexity index is 259. The van der Waals surface area contributed by atoms with Crippen LogP contribution in [0, 0.1) is 11.3 Å². The highest BCUT2D eigenvalue weighted by atomic mass is 16.5. The molecule has 0 spiro atoms. The van der Waals surface area contributed by atoms with Crippen LogP contribution in [0.2, 0.25) is 0 Å². The van der Waals surface area contributed by atoms with E-state index in [0.29, 0.717) is 11.3 Å². The van der Waals surface area contributed by atoms with Crippen LogP contribution >= 0.6 is 0 Å². The molecule has 3 nitrogen and oxygen atoms in total. The Morgan fingerprint density at radius 1 is 1.47 bits per heavy atom. The zero-order valence-electron chi connectivity index (χ0n) is 11.9. The van der Waals surface area contributed by atoms with Crippen molar-refractivity contribution < 1.29 is 9.53 Å². The highest BCUT2D eigenvalue weighted by Crippen LogP contribution is 2.39. The van der Waals surface area contributed by atoms with E-state index in [-0.39, 0.29) is 18.1 Å². The molecule has 0 aromatic heterocycles. The van der Waals surface area contributed by atoms with Crippen molar-refractivity contribution in [3.8, 4) is 0 Å². The number of ether oxygens (including phenoxy) is 1. The molecule has 100 valence electrons. The van der Waals surface area contributed by atoms with E-state index in [1.807, 2.05) is 14.0 Å². The van der Waals surface area contributed by atoms with Gasteiger partial charge in [-0.15, -0.1) is 0 Å². The fraction of sp³-hybridized carbons (Fsp3) is 0.929.